The van der Waals surface area contributed by atoms with E-state index in [1.807, 2.05) is 0 Å². The van der Waals surface area contributed by atoms with Crippen molar-refractivity contribution in [2.24, 2.45) is 5.73 Å². The second-order valence-corrected chi connectivity index (χ2v) is 4.04. The van der Waals surface area contributed by atoms with Gasteiger partial charge in [0.15, 0.2) is 0 Å². The summed E-state index contributed by atoms with van der Waals surface area (Å²) in [5.41, 5.74) is 4.44. The van der Waals surface area contributed by atoms with Crippen LogP contribution in [0.4, 0.5) is 0 Å². The van der Waals surface area contributed by atoms with E-state index in [4.69, 9.17) is 29.3 Å². The fourth-order valence-corrected chi connectivity index (χ4v) is 2.14. The van der Waals surface area contributed by atoms with Crippen LogP contribution in [-0.2, 0) is 4.79 Å². The molecule has 0 saturated heterocycles. The van der Waals surface area contributed by atoms with E-state index < -0.39 is 11.4 Å². The molecule has 0 unspecified atom stereocenters. The highest BCUT2D eigenvalue weighted by atomic mass is 35.5. The van der Waals surface area contributed by atoms with Crippen LogP contribution >= 0.6 is 23.6 Å². The zero-order chi connectivity index (χ0) is 9.19. The highest BCUT2D eigenvalue weighted by molar-refractivity contribution is 6.35. The number of amides is 1. The van der Waals surface area contributed by atoms with Crippen molar-refractivity contribution in [3.05, 3.63) is 0 Å². The van der Waals surface area contributed by atoms with Crippen molar-refractivity contribution >= 4 is 29.5 Å². The lowest BCUT2D eigenvalue weighted by Crippen LogP contribution is -2.51. The average Bonchev–Trinajstić information content (AvgIpc) is 2.05. The van der Waals surface area contributed by atoms with E-state index in [2.05, 4.69) is 0 Å². The fraction of sp³-hybridized carbons (Fsp3) is 0.857. The second kappa shape index (κ2) is 3.81. The summed E-state index contributed by atoms with van der Waals surface area (Å²) < 4.78 is 0.925. The monoisotopic (exact) mass is 210 g/mol. The van der Waals surface area contributed by atoms with Gasteiger partial charge in [0, 0.05) is 0 Å². The van der Waals surface area contributed by atoms with Crippen molar-refractivity contribution in [1.82, 2.24) is 3.94 Å². The molecule has 12 heavy (non-hydrogen) atoms. The maximum atomic E-state index is 11.1. The lowest BCUT2D eigenvalue weighted by Gasteiger charge is -2.35. The van der Waals surface area contributed by atoms with Gasteiger partial charge in [0.25, 0.3) is 0 Å². The van der Waals surface area contributed by atoms with E-state index in [1.165, 1.54) is 0 Å². The Hall–Kier alpha value is 0.01000. The number of carbonyl (C=O) groups is 1. The van der Waals surface area contributed by atoms with Gasteiger partial charge in [-0.05, 0) is 36.4 Å². The zero-order valence-corrected chi connectivity index (χ0v) is 8.24. The van der Waals surface area contributed by atoms with E-state index in [0.29, 0.717) is 12.8 Å². The molecule has 0 spiro atoms. The van der Waals surface area contributed by atoms with Crippen molar-refractivity contribution in [2.45, 2.75) is 37.6 Å². The minimum absolute atomic E-state index is 0.424. The molecule has 1 aliphatic carbocycles. The van der Waals surface area contributed by atoms with Gasteiger partial charge >= 0.3 is 0 Å². The SMILES string of the molecule is NC(=O)C1(N(Cl)Cl)CCCCC1. The molecule has 1 aliphatic rings. The highest BCUT2D eigenvalue weighted by Crippen LogP contribution is 2.35. The molecular formula is C7H12Cl2N2O. The van der Waals surface area contributed by atoms with Gasteiger partial charge in [-0.1, -0.05) is 19.3 Å². The van der Waals surface area contributed by atoms with Crippen LogP contribution in [0.3, 0.4) is 0 Å². The first-order chi connectivity index (χ1) is 5.59. The van der Waals surface area contributed by atoms with Gasteiger partial charge in [-0.15, -0.1) is 3.94 Å². The Labute approximate surface area is 82.0 Å². The van der Waals surface area contributed by atoms with E-state index in [0.717, 1.165) is 23.2 Å². The van der Waals surface area contributed by atoms with Gasteiger partial charge in [0.2, 0.25) is 5.91 Å². The number of halogens is 2. The third kappa shape index (κ3) is 1.68. The number of rotatable bonds is 2. The Morgan fingerprint density at radius 1 is 1.25 bits per heavy atom. The molecule has 0 aliphatic heterocycles. The molecule has 1 rings (SSSR count). The zero-order valence-electron chi connectivity index (χ0n) is 6.72. The summed E-state index contributed by atoms with van der Waals surface area (Å²) in [7, 11) is 0. The molecule has 2 N–H and O–H groups in total. The Morgan fingerprint density at radius 2 is 1.75 bits per heavy atom. The third-order valence-electron chi connectivity index (χ3n) is 2.46. The summed E-state index contributed by atoms with van der Waals surface area (Å²) >= 11 is 11.2. The van der Waals surface area contributed by atoms with E-state index in [1.54, 1.807) is 0 Å². The van der Waals surface area contributed by atoms with Crippen LogP contribution in [-0.4, -0.2) is 15.4 Å². The van der Waals surface area contributed by atoms with Crippen LogP contribution < -0.4 is 5.73 Å². The summed E-state index contributed by atoms with van der Waals surface area (Å²) in [6.07, 6.45) is 4.36. The van der Waals surface area contributed by atoms with Gasteiger partial charge in [-0.25, -0.2) is 0 Å². The molecule has 0 radical (unpaired) electrons. The van der Waals surface area contributed by atoms with Crippen LogP contribution in [0.5, 0.6) is 0 Å². The topological polar surface area (TPSA) is 46.3 Å². The second-order valence-electron chi connectivity index (χ2n) is 3.19. The van der Waals surface area contributed by atoms with Gasteiger partial charge in [0.05, 0.1) is 0 Å². The average molecular weight is 211 g/mol. The fourth-order valence-electron chi connectivity index (χ4n) is 1.64. The standard InChI is InChI=1S/C7H12Cl2N2O/c8-11(9)7(6(10)12)4-2-1-3-5-7/h1-5H2,(H2,10,12). The maximum Gasteiger partial charge on any atom is 0.240 e. The Balaban J connectivity index is 2.77. The quantitative estimate of drug-likeness (QED) is 0.707. The summed E-state index contributed by atoms with van der Waals surface area (Å²) in [6, 6.07) is 0. The van der Waals surface area contributed by atoms with E-state index in [-0.39, 0.29) is 0 Å². The molecule has 0 heterocycles. The van der Waals surface area contributed by atoms with Crippen molar-refractivity contribution < 1.29 is 4.79 Å². The molecule has 1 saturated carbocycles. The molecule has 0 atom stereocenters. The minimum atomic E-state index is -0.818. The van der Waals surface area contributed by atoms with Crippen LogP contribution in [0.15, 0.2) is 0 Å². The van der Waals surface area contributed by atoms with Crippen molar-refractivity contribution in [3.8, 4) is 0 Å². The summed E-state index contributed by atoms with van der Waals surface area (Å²) in [5.74, 6) is -0.424. The normalized spacial score (nSPS) is 22.6. The number of carbonyl (C=O) groups excluding carboxylic acids is 1. The molecular weight excluding hydrogens is 199 g/mol. The van der Waals surface area contributed by atoms with E-state index >= 15 is 0 Å². The first-order valence-electron chi connectivity index (χ1n) is 4.01. The Morgan fingerprint density at radius 3 is 2.00 bits per heavy atom. The van der Waals surface area contributed by atoms with Gasteiger partial charge < -0.3 is 5.73 Å². The third-order valence-corrected chi connectivity index (χ3v) is 3.11. The van der Waals surface area contributed by atoms with Gasteiger partial charge in [-0.3, -0.25) is 4.79 Å². The first kappa shape index (κ1) is 10.1. The molecule has 1 amide bonds. The molecule has 70 valence electrons. The molecule has 1 fully saturated rings. The number of hydrogen-bond donors (Lipinski definition) is 1. The predicted molar refractivity (Wildman–Crippen MR) is 48.6 cm³/mol. The van der Waals surface area contributed by atoms with Crippen LogP contribution in [0, 0.1) is 0 Å². The van der Waals surface area contributed by atoms with E-state index in [9.17, 15) is 4.79 Å². The summed E-state index contributed by atoms with van der Waals surface area (Å²) in [5, 5.41) is 0. The van der Waals surface area contributed by atoms with Gasteiger partial charge in [-0.2, -0.15) is 0 Å². The van der Waals surface area contributed by atoms with Crippen LogP contribution in [0.25, 0.3) is 0 Å². The smallest absolute Gasteiger partial charge is 0.240 e. The molecule has 3 nitrogen and oxygen atoms in total. The number of nitrogens with zero attached hydrogens (tertiary/aromatic N) is 1. The summed E-state index contributed by atoms with van der Waals surface area (Å²) in [6.45, 7) is 0. The molecule has 0 bridgehead atoms. The largest absolute Gasteiger partial charge is 0.368 e. The highest BCUT2D eigenvalue weighted by Gasteiger charge is 2.42. The van der Waals surface area contributed by atoms with Gasteiger partial charge in [0.1, 0.15) is 5.54 Å². The minimum Gasteiger partial charge on any atom is -0.368 e. The number of hydrogen-bond acceptors (Lipinski definition) is 2. The van der Waals surface area contributed by atoms with Crippen molar-refractivity contribution in [1.29, 1.82) is 0 Å². The first-order valence-corrected chi connectivity index (χ1v) is 4.69. The lowest BCUT2D eigenvalue weighted by molar-refractivity contribution is -0.127. The Kier molecular flexibility index (Phi) is 3.21. The summed E-state index contributed by atoms with van der Waals surface area (Å²) in [4.78, 5) is 11.1. The van der Waals surface area contributed by atoms with Crippen molar-refractivity contribution in [3.63, 3.8) is 0 Å². The molecule has 0 aromatic carbocycles. The molecule has 5 heteroatoms. The number of nitrogens with two attached hydrogens (primary N) is 1. The van der Waals surface area contributed by atoms with Crippen molar-refractivity contribution in [2.75, 3.05) is 0 Å². The Bertz CT molecular complexity index is 178. The van der Waals surface area contributed by atoms with Crippen LogP contribution in [0.2, 0.25) is 0 Å². The molecule has 0 aromatic heterocycles. The maximum absolute atomic E-state index is 11.1. The molecule has 0 aromatic rings. The predicted octanol–water partition coefficient (Wildman–Crippen LogP) is 1.78. The van der Waals surface area contributed by atoms with Crippen LogP contribution in [0.1, 0.15) is 32.1 Å². The number of primary amides is 1. The lowest BCUT2D eigenvalue weighted by atomic mass is 9.82.